The highest BCUT2D eigenvalue weighted by Gasteiger charge is 2.14. The number of quaternary nitrogens is 1. The van der Waals surface area contributed by atoms with Gasteiger partial charge in [0.1, 0.15) is 6.54 Å². The first-order chi connectivity index (χ1) is 14.0. The van der Waals surface area contributed by atoms with Gasteiger partial charge in [-0.3, -0.25) is 4.79 Å². The molecule has 1 fully saturated rings. The second kappa shape index (κ2) is 10.3. The monoisotopic (exact) mass is 400 g/mol. The van der Waals surface area contributed by atoms with Gasteiger partial charge in [-0.05, 0) is 55.3 Å². The van der Waals surface area contributed by atoms with E-state index in [-0.39, 0.29) is 17.5 Å². The zero-order valence-corrected chi connectivity index (χ0v) is 17.3. The molecule has 1 aliphatic heterocycles. The first-order valence-electron chi connectivity index (χ1n) is 10.3. The van der Waals surface area contributed by atoms with Gasteiger partial charge in [-0.2, -0.15) is 0 Å². The number of carbonyl (C=O) groups is 1. The minimum absolute atomic E-state index is 0.0565. The highest BCUT2D eigenvalue weighted by Crippen LogP contribution is 2.21. The van der Waals surface area contributed by atoms with Crippen molar-refractivity contribution in [1.82, 2.24) is 0 Å². The van der Waals surface area contributed by atoms with Crippen LogP contribution in [0.3, 0.4) is 0 Å². The third kappa shape index (κ3) is 6.19. The number of benzene rings is 2. The number of carbonyl (C=O) groups excluding carboxylic acids is 1. The molecular weight excluding hydrogens is 369 g/mol. The summed E-state index contributed by atoms with van der Waals surface area (Å²) in [5.41, 5.74) is 2.85. The van der Waals surface area contributed by atoms with Crippen molar-refractivity contribution in [2.45, 2.75) is 32.2 Å². The molecule has 5 nitrogen and oxygen atoms in total. The number of hydrogen-bond donors (Lipinski definition) is 2. The standard InChI is InChI=1S/C23H30FN3O2/c1-26(16-18-7-12-22(29-2)21(24)15-18)17-23(28)25-19-8-10-20(11-9-19)27-13-5-3-4-6-14-27/h7-12,15H,3-6,13-14,16-17H2,1-2H3,(H,25,28)/p+1. The van der Waals surface area contributed by atoms with Crippen LogP contribution < -0.4 is 19.9 Å². The Bertz CT molecular complexity index is 802. The quantitative estimate of drug-likeness (QED) is 0.751. The van der Waals surface area contributed by atoms with Crippen molar-refractivity contribution in [1.29, 1.82) is 0 Å². The Morgan fingerprint density at radius 3 is 2.41 bits per heavy atom. The van der Waals surface area contributed by atoms with Gasteiger partial charge in [-0.1, -0.05) is 12.8 Å². The molecule has 0 bridgehead atoms. The van der Waals surface area contributed by atoms with Gasteiger partial charge in [-0.25, -0.2) is 4.39 Å². The molecule has 0 aliphatic carbocycles. The predicted octanol–water partition coefficient (Wildman–Crippen LogP) is 2.87. The Morgan fingerprint density at radius 1 is 1.10 bits per heavy atom. The Balaban J connectivity index is 1.50. The van der Waals surface area contributed by atoms with E-state index in [1.807, 2.05) is 25.2 Å². The molecule has 2 N–H and O–H groups in total. The second-order valence-electron chi connectivity index (χ2n) is 7.78. The van der Waals surface area contributed by atoms with Crippen molar-refractivity contribution >= 4 is 17.3 Å². The summed E-state index contributed by atoms with van der Waals surface area (Å²) < 4.78 is 18.8. The van der Waals surface area contributed by atoms with Gasteiger partial charge in [0.05, 0.1) is 14.2 Å². The number of ether oxygens (including phenoxy) is 1. The van der Waals surface area contributed by atoms with Crippen LogP contribution in [-0.4, -0.2) is 39.7 Å². The van der Waals surface area contributed by atoms with E-state index in [9.17, 15) is 9.18 Å². The number of hydrogen-bond acceptors (Lipinski definition) is 3. The molecule has 3 rings (SSSR count). The molecule has 0 saturated carbocycles. The zero-order valence-electron chi connectivity index (χ0n) is 17.3. The van der Waals surface area contributed by atoms with Gasteiger partial charge in [-0.15, -0.1) is 0 Å². The minimum atomic E-state index is -0.383. The van der Waals surface area contributed by atoms with Gasteiger partial charge < -0.3 is 19.9 Å². The van der Waals surface area contributed by atoms with E-state index in [0.717, 1.165) is 29.2 Å². The molecule has 1 saturated heterocycles. The summed E-state index contributed by atoms with van der Waals surface area (Å²) in [6.45, 7) is 3.07. The van der Waals surface area contributed by atoms with Crippen molar-refractivity contribution in [3.05, 3.63) is 53.8 Å². The fourth-order valence-corrected chi connectivity index (χ4v) is 3.79. The first kappa shape index (κ1) is 21.1. The highest BCUT2D eigenvalue weighted by atomic mass is 19.1. The second-order valence-corrected chi connectivity index (χ2v) is 7.78. The molecule has 1 heterocycles. The lowest BCUT2D eigenvalue weighted by Crippen LogP contribution is -3.08. The molecule has 156 valence electrons. The van der Waals surface area contributed by atoms with Crippen molar-refractivity contribution in [2.75, 3.05) is 44.0 Å². The summed E-state index contributed by atoms with van der Waals surface area (Å²) in [5, 5.41) is 2.96. The summed E-state index contributed by atoms with van der Waals surface area (Å²) in [4.78, 5) is 15.8. The van der Waals surface area contributed by atoms with E-state index in [1.165, 1.54) is 44.5 Å². The van der Waals surface area contributed by atoms with Crippen molar-refractivity contribution in [3.8, 4) is 5.75 Å². The molecule has 29 heavy (non-hydrogen) atoms. The smallest absolute Gasteiger partial charge is 0.279 e. The summed E-state index contributed by atoms with van der Waals surface area (Å²) >= 11 is 0. The van der Waals surface area contributed by atoms with Crippen LogP contribution in [0.4, 0.5) is 15.8 Å². The number of anilines is 2. The van der Waals surface area contributed by atoms with E-state index in [1.54, 1.807) is 6.07 Å². The molecule has 0 aromatic heterocycles. The number of likely N-dealkylation sites (N-methyl/N-ethyl adjacent to an activating group) is 1. The molecule has 2 aromatic carbocycles. The number of amides is 1. The van der Waals surface area contributed by atoms with E-state index in [2.05, 4.69) is 22.3 Å². The van der Waals surface area contributed by atoms with Crippen LogP contribution in [0.2, 0.25) is 0 Å². The average molecular weight is 401 g/mol. The van der Waals surface area contributed by atoms with Crippen LogP contribution in [-0.2, 0) is 11.3 Å². The van der Waals surface area contributed by atoms with E-state index in [0.29, 0.717) is 13.1 Å². The molecule has 0 radical (unpaired) electrons. The normalized spacial score (nSPS) is 15.5. The molecular formula is C23H31FN3O2+. The maximum atomic E-state index is 13.8. The fraction of sp³-hybridized carbons (Fsp3) is 0.435. The average Bonchev–Trinajstić information content (AvgIpc) is 2.98. The Labute approximate surface area is 172 Å². The van der Waals surface area contributed by atoms with Gasteiger partial charge in [0.2, 0.25) is 0 Å². The van der Waals surface area contributed by atoms with Gasteiger partial charge in [0.25, 0.3) is 5.91 Å². The van der Waals surface area contributed by atoms with E-state index in [4.69, 9.17) is 4.74 Å². The lowest BCUT2D eigenvalue weighted by Gasteiger charge is -2.22. The molecule has 1 amide bonds. The van der Waals surface area contributed by atoms with Crippen molar-refractivity contribution < 1.29 is 18.8 Å². The van der Waals surface area contributed by atoms with Crippen LogP contribution >= 0.6 is 0 Å². The first-order valence-corrected chi connectivity index (χ1v) is 10.3. The molecule has 1 unspecified atom stereocenters. The highest BCUT2D eigenvalue weighted by molar-refractivity contribution is 5.91. The topological polar surface area (TPSA) is 46.0 Å². The largest absolute Gasteiger partial charge is 0.494 e. The molecule has 0 spiro atoms. The summed E-state index contributed by atoms with van der Waals surface area (Å²) in [6, 6.07) is 13.0. The maximum absolute atomic E-state index is 13.8. The van der Waals surface area contributed by atoms with Crippen molar-refractivity contribution in [2.24, 2.45) is 0 Å². The third-order valence-corrected chi connectivity index (χ3v) is 5.31. The van der Waals surface area contributed by atoms with Crippen LogP contribution in [0.15, 0.2) is 42.5 Å². The van der Waals surface area contributed by atoms with E-state index < -0.39 is 0 Å². The maximum Gasteiger partial charge on any atom is 0.279 e. The number of rotatable bonds is 7. The third-order valence-electron chi connectivity index (χ3n) is 5.31. The Kier molecular flexibility index (Phi) is 7.47. The SMILES string of the molecule is COc1ccc(C[NH+](C)CC(=O)Nc2ccc(N3CCCCCC3)cc2)cc1F. The lowest BCUT2D eigenvalue weighted by molar-refractivity contribution is -0.885. The van der Waals surface area contributed by atoms with Gasteiger partial charge in [0.15, 0.2) is 18.1 Å². The molecule has 2 aromatic rings. The fourth-order valence-electron chi connectivity index (χ4n) is 3.79. The van der Waals surface area contributed by atoms with Gasteiger partial charge in [0, 0.05) is 30.0 Å². The summed E-state index contributed by atoms with van der Waals surface area (Å²) in [6.07, 6.45) is 5.10. The van der Waals surface area contributed by atoms with Crippen LogP contribution in [0.1, 0.15) is 31.2 Å². The number of nitrogens with zero attached hydrogens (tertiary/aromatic N) is 1. The molecule has 1 atom stereocenters. The Morgan fingerprint density at radius 2 is 1.79 bits per heavy atom. The number of nitrogens with one attached hydrogen (secondary N) is 2. The molecule has 1 aliphatic rings. The zero-order chi connectivity index (χ0) is 20.6. The molecule has 6 heteroatoms. The van der Waals surface area contributed by atoms with Crippen LogP contribution in [0, 0.1) is 5.82 Å². The number of halogens is 1. The Hall–Kier alpha value is -2.60. The van der Waals surface area contributed by atoms with Crippen LogP contribution in [0.5, 0.6) is 5.75 Å². The summed E-state index contributed by atoms with van der Waals surface area (Å²) in [5.74, 6) is -0.210. The van der Waals surface area contributed by atoms with E-state index >= 15 is 0 Å². The summed E-state index contributed by atoms with van der Waals surface area (Å²) in [7, 11) is 3.37. The minimum Gasteiger partial charge on any atom is -0.494 e. The predicted molar refractivity (Wildman–Crippen MR) is 114 cm³/mol. The van der Waals surface area contributed by atoms with Crippen LogP contribution in [0.25, 0.3) is 0 Å². The number of methoxy groups -OCH3 is 1. The lowest BCUT2D eigenvalue weighted by atomic mass is 10.2. The van der Waals surface area contributed by atoms with Crippen molar-refractivity contribution in [3.63, 3.8) is 0 Å². The van der Waals surface area contributed by atoms with Gasteiger partial charge >= 0.3 is 0 Å².